The first kappa shape index (κ1) is 165. The number of hydrogen-bond acceptors (Lipinski definition) is 7. The molecule has 0 unspecified atom stereocenters. The quantitative estimate of drug-likeness (QED) is 0.149. The Balaban J connectivity index is -0.0000000211. The highest BCUT2D eigenvalue weighted by Crippen LogP contribution is 1.93. The van der Waals surface area contributed by atoms with E-state index in [0.717, 1.165) is 11.4 Å². The highest BCUT2D eigenvalue weighted by molar-refractivity contribution is 5.12. The molecule has 0 N–H and O–H groups in total. The predicted molar refractivity (Wildman–Crippen MR) is 430 cm³/mol. The van der Waals surface area contributed by atoms with Crippen LogP contribution in [0.25, 0.3) is 0 Å². The molecule has 11 nitrogen and oxygen atoms in total. The maximum atomic E-state index is 4.03. The Morgan fingerprint density at radius 3 is 0.830 bits per heavy atom. The van der Waals surface area contributed by atoms with Gasteiger partial charge in [-0.15, -0.1) is 0 Å². The summed E-state index contributed by atoms with van der Waals surface area (Å²) in [5.41, 5.74) is 8.34. The number of pyridine rings is 3. The fourth-order valence-corrected chi connectivity index (χ4v) is 3.72. The van der Waals surface area contributed by atoms with E-state index in [1.807, 2.05) is 295 Å². The molecule has 7 heterocycles. The lowest BCUT2D eigenvalue weighted by Crippen LogP contribution is -1.90. The van der Waals surface area contributed by atoms with Gasteiger partial charge in [0.05, 0.1) is 11.9 Å². The van der Waals surface area contributed by atoms with E-state index < -0.39 is 0 Å². The summed E-state index contributed by atoms with van der Waals surface area (Å²) in [4.78, 5) is 11.7. The summed E-state index contributed by atoms with van der Waals surface area (Å²) in [6.07, 6.45) is 20.1. The van der Waals surface area contributed by atoms with Crippen molar-refractivity contribution in [1.29, 1.82) is 0 Å². The highest BCUT2D eigenvalue weighted by atomic mass is 15.3. The average molecular weight is 1260 g/mol. The van der Waals surface area contributed by atoms with E-state index in [1.165, 1.54) is 27.9 Å². The zero-order valence-electron chi connectivity index (χ0n) is 50.4. The van der Waals surface area contributed by atoms with Crippen molar-refractivity contribution in [3.8, 4) is 0 Å². The van der Waals surface area contributed by atoms with E-state index in [2.05, 4.69) is 54.4 Å². The van der Waals surface area contributed by atoms with Gasteiger partial charge in [0.25, 0.3) is 0 Å². The molecule has 538 valence electrons. The molecule has 0 saturated carbocycles. The van der Waals surface area contributed by atoms with Gasteiger partial charge in [0.2, 0.25) is 0 Å². The van der Waals surface area contributed by atoms with Crippen molar-refractivity contribution in [2.24, 2.45) is 28.2 Å². The van der Waals surface area contributed by atoms with Crippen LogP contribution in [0.2, 0.25) is 0 Å². The van der Waals surface area contributed by atoms with Crippen LogP contribution in [0.3, 0.4) is 0 Å². The molecule has 7 aromatic heterocycles. The van der Waals surface area contributed by atoms with Crippen LogP contribution < -0.4 is 0 Å². The molecular weight excluding hydrogens is 1080 g/mol. The standard InChI is InChI=1S/C7H8.3C6H7N.3C5H8N2.C4H6N2.8C2H6.17CH4/c1-7-5-3-2-4-6-7;1-6-2-4-7-5-3-6;1-6-3-2-4-7-5-6;1-6-4-2-3-5-7-6;1-5-3-6-7(2)4-5;1-5-3-4-7(2)6-5;1-5-3-4-6-7(5)2;1-6-4-2-3-5-6;8*1-2;;;;;;;;;;;;;;;;;/h2-6H,1H3;3*2-5H,1H3;3*3-4H,1-2H3;2-4H,1H3;8*1-2H3;17*1H4. The van der Waals surface area contributed by atoms with Gasteiger partial charge in [-0.25, -0.2) is 0 Å². The Kier molecular flexibility index (Phi) is 270. The molecular formula is C77H175N11. The van der Waals surface area contributed by atoms with Crippen molar-refractivity contribution in [3.63, 3.8) is 0 Å². The maximum Gasteiger partial charge on any atom is 0.0593 e. The summed E-state index contributed by atoms with van der Waals surface area (Å²) in [5.74, 6) is 0. The minimum atomic E-state index is 0. The summed E-state index contributed by atoms with van der Waals surface area (Å²) in [6.45, 7) is 46.1. The van der Waals surface area contributed by atoms with Gasteiger partial charge in [0.1, 0.15) is 0 Å². The zero-order valence-corrected chi connectivity index (χ0v) is 50.4. The molecule has 0 bridgehead atoms. The van der Waals surface area contributed by atoms with Crippen LogP contribution in [0, 0.1) is 48.5 Å². The lowest BCUT2D eigenvalue weighted by molar-refractivity contribution is 0.740. The van der Waals surface area contributed by atoms with Gasteiger partial charge >= 0.3 is 0 Å². The van der Waals surface area contributed by atoms with Crippen LogP contribution >= 0.6 is 0 Å². The molecule has 0 aliphatic rings. The van der Waals surface area contributed by atoms with Crippen molar-refractivity contribution in [2.75, 3.05) is 0 Å². The Morgan fingerprint density at radius 2 is 0.693 bits per heavy atom. The first-order valence-electron chi connectivity index (χ1n) is 25.8. The van der Waals surface area contributed by atoms with Crippen LogP contribution in [0.4, 0.5) is 0 Å². The maximum absolute atomic E-state index is 4.03. The minimum Gasteiger partial charge on any atom is -0.276 e. The van der Waals surface area contributed by atoms with E-state index >= 15 is 0 Å². The van der Waals surface area contributed by atoms with Gasteiger partial charge < -0.3 is 0 Å². The van der Waals surface area contributed by atoms with Gasteiger partial charge in [-0.2, -0.15) is 20.4 Å². The van der Waals surface area contributed by atoms with Gasteiger partial charge in [-0.05, 0) is 114 Å². The monoisotopic (exact) mass is 1250 g/mol. The molecule has 0 amide bonds. The van der Waals surface area contributed by atoms with Crippen molar-refractivity contribution in [1.82, 2.24) is 54.1 Å². The molecule has 0 radical (unpaired) electrons. The molecule has 0 fully saturated rings. The van der Waals surface area contributed by atoms with Crippen LogP contribution in [0.1, 0.15) is 276 Å². The minimum absolute atomic E-state index is 0. The van der Waals surface area contributed by atoms with Crippen LogP contribution in [0.15, 0.2) is 159 Å². The number of aryl methyl sites for hydroxylation is 11. The third-order valence-corrected chi connectivity index (χ3v) is 6.79. The van der Waals surface area contributed by atoms with Crippen LogP contribution in [0.5, 0.6) is 0 Å². The summed E-state index contributed by atoms with van der Waals surface area (Å²) in [6, 6.07) is 29.8. The normalized spacial score (nSPS) is 6.17. The molecule has 0 aliphatic carbocycles. The Hall–Kier alpha value is -6.49. The number of benzene rings is 1. The SMILES string of the molecule is C.C.C.C.C.C.C.C.C.C.C.C.C.C.C.C.C.CC.CC.CC.CC.CC.CC.CC.CC.Cc1ccccc1.Cc1ccccn1.Cc1cccnc1.Cc1ccn(C)n1.Cc1ccncc1.Cc1ccnn1C.Cc1cnn(C)c1.Cn1cccn1. The lowest BCUT2D eigenvalue weighted by Gasteiger charge is -1.87. The Morgan fingerprint density at radius 1 is 0.273 bits per heavy atom. The van der Waals surface area contributed by atoms with Crippen LogP contribution in [-0.4, -0.2) is 54.1 Å². The fraction of sp³-hybridized carbons (Fsp3) is 0.571. The number of nitrogens with zero attached hydrogens (tertiary/aromatic N) is 11. The molecule has 0 aliphatic heterocycles. The molecule has 11 heteroatoms. The van der Waals surface area contributed by atoms with E-state index in [0.29, 0.717) is 0 Å². The molecule has 0 saturated heterocycles. The second kappa shape index (κ2) is 144. The van der Waals surface area contributed by atoms with Crippen molar-refractivity contribution >= 4 is 0 Å². The van der Waals surface area contributed by atoms with Gasteiger partial charge in [0, 0.05) is 102 Å². The summed E-state index contributed by atoms with van der Waals surface area (Å²) in [5, 5.41) is 15.7. The van der Waals surface area contributed by atoms with Gasteiger partial charge in [0.15, 0.2) is 0 Å². The lowest BCUT2D eigenvalue weighted by atomic mass is 10.2. The van der Waals surface area contributed by atoms with Crippen LogP contribution in [-0.2, 0) is 28.2 Å². The van der Waals surface area contributed by atoms with Crippen molar-refractivity contribution < 1.29 is 0 Å². The Labute approximate surface area is 563 Å². The van der Waals surface area contributed by atoms with E-state index in [1.54, 1.807) is 51.2 Å². The van der Waals surface area contributed by atoms with Crippen molar-refractivity contribution in [3.05, 3.63) is 198 Å². The molecule has 0 spiro atoms. The van der Waals surface area contributed by atoms with E-state index in [4.69, 9.17) is 0 Å². The summed E-state index contributed by atoms with van der Waals surface area (Å²) >= 11 is 0. The summed E-state index contributed by atoms with van der Waals surface area (Å²) in [7, 11) is 7.63. The highest BCUT2D eigenvalue weighted by Gasteiger charge is 1.84. The number of rotatable bonds is 0. The second-order valence-electron chi connectivity index (χ2n) is 12.3. The predicted octanol–water partition coefficient (Wildman–Crippen LogP) is 27.8. The zero-order chi connectivity index (χ0) is 56.7. The molecule has 8 aromatic rings. The first-order chi connectivity index (χ1) is 34.3. The van der Waals surface area contributed by atoms with E-state index in [-0.39, 0.29) is 126 Å². The molecule has 88 heavy (non-hydrogen) atoms. The van der Waals surface area contributed by atoms with E-state index in [9.17, 15) is 0 Å². The smallest absolute Gasteiger partial charge is 0.0593 e. The topological polar surface area (TPSA) is 110 Å². The number of hydrogen-bond donors (Lipinski definition) is 0. The second-order valence-corrected chi connectivity index (χ2v) is 12.3. The van der Waals surface area contributed by atoms with Crippen molar-refractivity contribution in [2.45, 2.75) is 285 Å². The fourth-order valence-electron chi connectivity index (χ4n) is 3.72. The molecule has 0 atom stereocenters. The van der Waals surface area contributed by atoms with Gasteiger partial charge in [-0.3, -0.25) is 33.7 Å². The first-order valence-corrected chi connectivity index (χ1v) is 25.8. The molecule has 8 rings (SSSR count). The summed E-state index contributed by atoms with van der Waals surface area (Å²) < 4.78 is 7.16. The number of aromatic nitrogens is 11. The Bertz CT molecular complexity index is 1770. The largest absolute Gasteiger partial charge is 0.276 e. The molecule has 1 aromatic carbocycles. The average Bonchev–Trinajstić information content (AvgIpc) is 4.26. The third kappa shape index (κ3) is 134. The third-order valence-electron chi connectivity index (χ3n) is 6.79. The van der Waals surface area contributed by atoms with Gasteiger partial charge in [-0.1, -0.05) is 285 Å².